The number of aliphatic carboxylic acids is 1. The van der Waals surface area contributed by atoms with Crippen LogP contribution in [0.4, 0.5) is 4.39 Å². The lowest BCUT2D eigenvalue weighted by Gasteiger charge is -2.23. The van der Waals surface area contributed by atoms with Crippen LogP contribution in [0.3, 0.4) is 0 Å². The Balaban J connectivity index is 1.64. The zero-order valence-corrected chi connectivity index (χ0v) is 11.3. The van der Waals surface area contributed by atoms with E-state index in [1.165, 1.54) is 12.1 Å². The first-order chi connectivity index (χ1) is 10.1. The summed E-state index contributed by atoms with van der Waals surface area (Å²) >= 11 is 0. The van der Waals surface area contributed by atoms with Crippen molar-refractivity contribution in [2.24, 2.45) is 11.8 Å². The summed E-state index contributed by atoms with van der Waals surface area (Å²) in [4.78, 5) is 23.6. The van der Waals surface area contributed by atoms with Crippen LogP contribution in [0.2, 0.25) is 0 Å². The van der Waals surface area contributed by atoms with Gasteiger partial charge in [-0.1, -0.05) is 12.1 Å². The summed E-state index contributed by atoms with van der Waals surface area (Å²) in [5.74, 6) is -3.03. The van der Waals surface area contributed by atoms with E-state index in [9.17, 15) is 19.1 Å². The van der Waals surface area contributed by atoms with Crippen LogP contribution < -0.4 is 5.32 Å². The molecule has 2 fully saturated rings. The SMILES string of the molecule is O=C(NCc1ccc(F)cc1)[C@@H]1[C@@H](C(=O)O)[C@H]2CC[C@@H]1O2. The van der Waals surface area contributed by atoms with Crippen LogP contribution in [0.1, 0.15) is 18.4 Å². The summed E-state index contributed by atoms with van der Waals surface area (Å²) in [6.45, 7) is 0.249. The number of halogens is 1. The molecule has 6 heteroatoms. The minimum absolute atomic E-state index is 0.249. The third-order valence-corrected chi connectivity index (χ3v) is 4.24. The molecule has 0 unspecified atom stereocenters. The molecule has 2 aliphatic rings. The van der Waals surface area contributed by atoms with Crippen LogP contribution >= 0.6 is 0 Å². The van der Waals surface area contributed by atoms with Crippen LogP contribution in [0.5, 0.6) is 0 Å². The summed E-state index contributed by atoms with van der Waals surface area (Å²) in [5.41, 5.74) is 0.765. The predicted molar refractivity (Wildman–Crippen MR) is 70.8 cm³/mol. The van der Waals surface area contributed by atoms with Crippen molar-refractivity contribution in [3.05, 3.63) is 35.6 Å². The van der Waals surface area contributed by atoms with E-state index in [1.54, 1.807) is 12.1 Å². The molecule has 0 radical (unpaired) electrons. The molecule has 1 aromatic rings. The lowest BCUT2D eigenvalue weighted by molar-refractivity contribution is -0.147. The standard InChI is InChI=1S/C15H16FNO4/c16-9-3-1-8(2-4-9)7-17-14(18)12-10-5-6-11(21-10)13(12)15(19)20/h1-4,10-13H,5-7H2,(H,17,18)(H,19,20)/t10-,11+,12-,13-/m0/s1. The topological polar surface area (TPSA) is 75.6 Å². The van der Waals surface area contributed by atoms with Gasteiger partial charge in [-0.2, -0.15) is 0 Å². The zero-order valence-electron chi connectivity index (χ0n) is 11.3. The maximum Gasteiger partial charge on any atom is 0.310 e. The van der Waals surface area contributed by atoms with Gasteiger partial charge in [-0.05, 0) is 30.5 Å². The van der Waals surface area contributed by atoms with Crippen LogP contribution in [-0.2, 0) is 20.9 Å². The molecule has 2 saturated heterocycles. The van der Waals surface area contributed by atoms with Crippen LogP contribution in [0.25, 0.3) is 0 Å². The van der Waals surface area contributed by atoms with Gasteiger partial charge in [-0.25, -0.2) is 4.39 Å². The van der Waals surface area contributed by atoms with Crippen molar-refractivity contribution in [3.63, 3.8) is 0 Å². The largest absolute Gasteiger partial charge is 0.481 e. The number of carbonyl (C=O) groups excluding carboxylic acids is 1. The number of hydrogen-bond donors (Lipinski definition) is 2. The highest BCUT2D eigenvalue weighted by Crippen LogP contribution is 2.43. The van der Waals surface area contributed by atoms with Crippen LogP contribution in [0, 0.1) is 17.7 Å². The van der Waals surface area contributed by atoms with Crippen molar-refractivity contribution >= 4 is 11.9 Å². The third kappa shape index (κ3) is 2.63. The van der Waals surface area contributed by atoms with Gasteiger partial charge in [-0.15, -0.1) is 0 Å². The number of rotatable bonds is 4. The van der Waals surface area contributed by atoms with E-state index in [1.807, 2.05) is 0 Å². The third-order valence-electron chi connectivity index (χ3n) is 4.24. The van der Waals surface area contributed by atoms with Crippen molar-refractivity contribution < 1.29 is 23.8 Å². The van der Waals surface area contributed by atoms with Gasteiger partial charge < -0.3 is 15.2 Å². The van der Waals surface area contributed by atoms with Gasteiger partial charge in [0, 0.05) is 6.54 Å². The van der Waals surface area contributed by atoms with Gasteiger partial charge >= 0.3 is 5.97 Å². The van der Waals surface area contributed by atoms with Gasteiger partial charge in [0.1, 0.15) is 5.82 Å². The fourth-order valence-electron chi connectivity index (χ4n) is 3.23. The average Bonchev–Trinajstić information content (AvgIpc) is 3.06. The van der Waals surface area contributed by atoms with E-state index in [-0.39, 0.29) is 30.5 Å². The number of carbonyl (C=O) groups is 2. The Labute approximate surface area is 121 Å². The Kier molecular flexibility index (Phi) is 3.63. The summed E-state index contributed by atoms with van der Waals surface area (Å²) in [6.07, 6.45) is 0.769. The van der Waals surface area contributed by atoms with E-state index < -0.39 is 17.8 Å². The lowest BCUT2D eigenvalue weighted by Crippen LogP contribution is -2.43. The second kappa shape index (κ2) is 5.44. The number of amides is 1. The Bertz CT molecular complexity index is 559. The minimum Gasteiger partial charge on any atom is -0.481 e. The van der Waals surface area contributed by atoms with Gasteiger partial charge in [0.05, 0.1) is 24.0 Å². The maximum atomic E-state index is 12.8. The van der Waals surface area contributed by atoms with E-state index >= 15 is 0 Å². The number of fused-ring (bicyclic) bond motifs is 2. The fourth-order valence-corrected chi connectivity index (χ4v) is 3.23. The number of hydrogen-bond acceptors (Lipinski definition) is 3. The molecular weight excluding hydrogens is 277 g/mol. The molecule has 112 valence electrons. The van der Waals surface area contributed by atoms with E-state index in [4.69, 9.17) is 4.74 Å². The molecule has 2 heterocycles. The predicted octanol–water partition coefficient (Wildman–Crippen LogP) is 1.32. The summed E-state index contributed by atoms with van der Waals surface area (Å²) in [7, 11) is 0. The second-order valence-electron chi connectivity index (χ2n) is 5.52. The van der Waals surface area contributed by atoms with Gasteiger partial charge in [0.25, 0.3) is 0 Å². The van der Waals surface area contributed by atoms with Crippen LogP contribution in [0.15, 0.2) is 24.3 Å². The quantitative estimate of drug-likeness (QED) is 0.878. The molecule has 5 nitrogen and oxygen atoms in total. The highest BCUT2D eigenvalue weighted by molar-refractivity contribution is 5.86. The van der Waals surface area contributed by atoms with E-state index in [0.717, 1.165) is 12.0 Å². The van der Waals surface area contributed by atoms with Crippen molar-refractivity contribution in [1.82, 2.24) is 5.32 Å². The van der Waals surface area contributed by atoms with Gasteiger partial charge in [-0.3, -0.25) is 9.59 Å². The zero-order chi connectivity index (χ0) is 15.0. The minimum atomic E-state index is -0.982. The monoisotopic (exact) mass is 293 g/mol. The Morgan fingerprint density at radius 3 is 2.43 bits per heavy atom. The highest BCUT2D eigenvalue weighted by atomic mass is 19.1. The Morgan fingerprint density at radius 1 is 1.19 bits per heavy atom. The first kappa shape index (κ1) is 14.0. The van der Waals surface area contributed by atoms with Crippen molar-refractivity contribution in [2.75, 3.05) is 0 Å². The Hall–Kier alpha value is -1.95. The second-order valence-corrected chi connectivity index (χ2v) is 5.52. The molecule has 2 aliphatic heterocycles. The molecule has 4 atom stereocenters. The molecule has 0 saturated carbocycles. The number of carboxylic acids is 1. The maximum absolute atomic E-state index is 12.8. The number of ether oxygens (including phenoxy) is 1. The van der Waals surface area contributed by atoms with E-state index in [2.05, 4.69) is 5.32 Å². The fraction of sp³-hybridized carbons (Fsp3) is 0.467. The number of nitrogens with one attached hydrogen (secondary N) is 1. The lowest BCUT2D eigenvalue weighted by atomic mass is 9.78. The number of carboxylic acid groups (broad SMARTS) is 1. The highest BCUT2D eigenvalue weighted by Gasteiger charge is 2.55. The van der Waals surface area contributed by atoms with Crippen molar-refractivity contribution in [3.8, 4) is 0 Å². The molecule has 0 spiro atoms. The van der Waals surface area contributed by atoms with Gasteiger partial charge in [0.15, 0.2) is 0 Å². The van der Waals surface area contributed by atoms with Gasteiger partial charge in [0.2, 0.25) is 5.91 Å². The number of benzene rings is 1. The first-order valence-corrected chi connectivity index (χ1v) is 6.96. The molecular formula is C15H16FNO4. The molecule has 21 heavy (non-hydrogen) atoms. The molecule has 0 aliphatic carbocycles. The molecule has 1 amide bonds. The Morgan fingerprint density at radius 2 is 1.81 bits per heavy atom. The molecule has 1 aromatic carbocycles. The van der Waals surface area contributed by atoms with Crippen molar-refractivity contribution in [1.29, 1.82) is 0 Å². The van der Waals surface area contributed by atoms with Crippen molar-refractivity contribution in [2.45, 2.75) is 31.6 Å². The molecule has 2 bridgehead atoms. The van der Waals surface area contributed by atoms with Crippen LogP contribution in [-0.4, -0.2) is 29.2 Å². The smallest absolute Gasteiger partial charge is 0.310 e. The molecule has 3 rings (SSSR count). The molecule has 0 aromatic heterocycles. The van der Waals surface area contributed by atoms with E-state index in [0.29, 0.717) is 6.42 Å². The summed E-state index contributed by atoms with van der Waals surface area (Å²) in [6, 6.07) is 5.81. The summed E-state index contributed by atoms with van der Waals surface area (Å²) in [5, 5.41) is 12.0. The first-order valence-electron chi connectivity index (χ1n) is 6.96. The summed E-state index contributed by atoms with van der Waals surface area (Å²) < 4.78 is 18.4. The molecule has 2 N–H and O–H groups in total. The normalized spacial score (nSPS) is 30.3. The average molecular weight is 293 g/mol.